The first-order valence-electron chi connectivity index (χ1n) is 19.8. The van der Waals surface area contributed by atoms with Crippen LogP contribution in [0.2, 0.25) is 45.4 Å². The van der Waals surface area contributed by atoms with Crippen molar-refractivity contribution in [3.8, 4) is 0 Å². The normalized spacial score (nSPS) is 12.2. The van der Waals surface area contributed by atoms with Gasteiger partial charge in [-0.1, -0.05) is 78.1 Å². The van der Waals surface area contributed by atoms with E-state index in [4.69, 9.17) is 0 Å². The fourth-order valence-electron chi connectivity index (χ4n) is 6.89. The summed E-state index contributed by atoms with van der Waals surface area (Å²) in [5.41, 5.74) is 0. The molecule has 0 radical (unpaired) electrons. The molecule has 0 atom stereocenters. The fourth-order valence-corrected chi connectivity index (χ4v) is 46.8. The zero-order chi connectivity index (χ0) is 30.3. The van der Waals surface area contributed by atoms with E-state index < -0.39 is 40.7 Å². The van der Waals surface area contributed by atoms with Crippen molar-refractivity contribution < 1.29 is 24.6 Å². The summed E-state index contributed by atoms with van der Waals surface area (Å²) in [7, 11) is -1.72. The molecule has 41 heavy (non-hydrogen) atoms. The zero-order valence-electron chi connectivity index (χ0n) is 30.3. The molecule has 0 aliphatic rings. The number of rotatable bonds is 34. The molecule has 0 unspecified atom stereocenters. The molecule has 0 heterocycles. The van der Waals surface area contributed by atoms with Crippen molar-refractivity contribution in [3.05, 3.63) is 0 Å². The second-order valence-electron chi connectivity index (χ2n) is 15.9. The van der Waals surface area contributed by atoms with Crippen molar-refractivity contribution in [1.29, 1.82) is 0 Å². The van der Waals surface area contributed by atoms with E-state index in [2.05, 4.69) is 40.0 Å². The molecule has 0 saturated heterocycles. The van der Waals surface area contributed by atoms with E-state index in [1.54, 1.807) is 24.9 Å². The van der Waals surface area contributed by atoms with Gasteiger partial charge in [-0.3, -0.25) is 0 Å². The summed E-state index contributed by atoms with van der Waals surface area (Å²) < 4.78 is 3.64. The molecule has 244 valence electrons. The first-order chi connectivity index (χ1) is 19.8. The second-order valence-corrected chi connectivity index (χ2v) is 40.9. The molecule has 3 heteroatoms. The van der Waals surface area contributed by atoms with Crippen LogP contribution >= 0.6 is 0 Å². The van der Waals surface area contributed by atoms with Crippen LogP contribution in [-0.4, -0.2) is 16.1 Å². The molecule has 0 aliphatic carbocycles. The summed E-state index contributed by atoms with van der Waals surface area (Å²) in [5, 5.41) is 0. The summed E-state index contributed by atoms with van der Waals surface area (Å²) >= 11 is -0.615. The first-order valence-corrected chi connectivity index (χ1v) is 34.4. The third kappa shape index (κ3) is 34.1. The van der Waals surface area contributed by atoms with E-state index in [9.17, 15) is 0 Å². The van der Waals surface area contributed by atoms with Gasteiger partial charge in [0.15, 0.2) is 0 Å². The first kappa shape index (κ1) is 42.4. The van der Waals surface area contributed by atoms with E-state index in [1.807, 2.05) is 7.11 Å². The van der Waals surface area contributed by atoms with Gasteiger partial charge in [-0.2, -0.15) is 0 Å². The van der Waals surface area contributed by atoms with Crippen LogP contribution in [0.3, 0.4) is 0 Å². The van der Waals surface area contributed by atoms with Crippen molar-refractivity contribution in [2.75, 3.05) is 0 Å². The molecule has 0 aromatic heterocycles. The SMILES string of the molecule is CCCCCCCCCCCCCCCC[Si](C)(C)[CH2][Hg][CH2][Si](C)(C)CCCCCCCCCCCCCCCC. The Morgan fingerprint density at radius 1 is 0.293 bits per heavy atom. The van der Waals surface area contributed by atoms with Crippen LogP contribution in [0.15, 0.2) is 0 Å². The molecule has 0 saturated carbocycles. The molecule has 0 aromatic rings. The van der Waals surface area contributed by atoms with Crippen LogP contribution in [0.25, 0.3) is 0 Å². The molecule has 0 aromatic carbocycles. The van der Waals surface area contributed by atoms with Gasteiger partial charge in [0, 0.05) is 0 Å². The Morgan fingerprint density at radius 2 is 0.488 bits per heavy atom. The van der Waals surface area contributed by atoms with E-state index in [-0.39, 0.29) is 0 Å². The quantitative estimate of drug-likeness (QED) is 0.0450. The van der Waals surface area contributed by atoms with Gasteiger partial charge < -0.3 is 0 Å². The van der Waals surface area contributed by atoms with Gasteiger partial charge in [-0.15, -0.1) is 0 Å². The van der Waals surface area contributed by atoms with Gasteiger partial charge in [0.05, 0.1) is 0 Å². The molecule has 0 aliphatic heterocycles. The number of hydrogen-bond donors (Lipinski definition) is 0. The second kappa shape index (κ2) is 31.4. The number of hydrogen-bond acceptors (Lipinski definition) is 0. The van der Waals surface area contributed by atoms with Gasteiger partial charge >= 0.3 is 202 Å². The van der Waals surface area contributed by atoms with Gasteiger partial charge in [0.25, 0.3) is 0 Å². The summed E-state index contributed by atoms with van der Waals surface area (Å²) in [4.78, 5) is 0. The maximum atomic E-state index is 2.75. The van der Waals surface area contributed by atoms with E-state index in [0.29, 0.717) is 0 Å². The summed E-state index contributed by atoms with van der Waals surface area (Å²) in [5.74, 6) is 0. The molecule has 0 spiro atoms. The molecule has 0 fully saturated rings. The van der Waals surface area contributed by atoms with E-state index in [0.717, 1.165) is 0 Å². The Kier molecular flexibility index (Phi) is 32.4. The molecular weight excluding hydrogens is 713 g/mol. The average molecular weight is 796 g/mol. The molecule has 0 nitrogen and oxygen atoms in total. The van der Waals surface area contributed by atoms with Crippen LogP contribution in [0.1, 0.15) is 194 Å². The monoisotopic (exact) mass is 797 g/mol. The Bertz CT molecular complexity index is 461. The zero-order valence-corrected chi connectivity index (χ0v) is 37.8. The maximum absolute atomic E-state index is 2.75. The Balaban J connectivity index is 3.52. The van der Waals surface area contributed by atoms with Crippen molar-refractivity contribution in [3.63, 3.8) is 0 Å². The van der Waals surface area contributed by atoms with Crippen LogP contribution in [0.4, 0.5) is 0 Å². The van der Waals surface area contributed by atoms with Crippen molar-refractivity contribution >= 4 is 16.1 Å². The topological polar surface area (TPSA) is 0 Å². The van der Waals surface area contributed by atoms with Crippen LogP contribution < -0.4 is 0 Å². The summed E-state index contributed by atoms with van der Waals surface area (Å²) in [6, 6.07) is 3.29. The molecule has 0 N–H and O–H groups in total. The summed E-state index contributed by atoms with van der Waals surface area (Å²) in [6.07, 6.45) is 41.8. The Morgan fingerprint density at radius 3 is 0.707 bits per heavy atom. The van der Waals surface area contributed by atoms with Crippen LogP contribution in [0.5, 0.6) is 0 Å². The fraction of sp³-hybridized carbons (Fsp3) is 1.00. The Labute approximate surface area is 278 Å². The van der Waals surface area contributed by atoms with Gasteiger partial charge in [-0.25, -0.2) is 0 Å². The van der Waals surface area contributed by atoms with E-state index >= 15 is 0 Å². The average Bonchev–Trinajstić information content (AvgIpc) is 2.93. The van der Waals surface area contributed by atoms with Crippen LogP contribution in [0, 0.1) is 0 Å². The summed E-state index contributed by atoms with van der Waals surface area (Å²) in [6.45, 7) is 15.6. The Hall–Kier alpha value is 1.37. The molecule has 0 rings (SSSR count). The standard InChI is InChI=1S/2C19H41Si.Hg/c2*1-5-6-7-8-9-10-11-12-13-14-15-16-17-18-19-20(2,3)4;/h2*2,5-19H2,1,3-4H3;. The van der Waals surface area contributed by atoms with E-state index in [1.165, 1.54) is 167 Å². The van der Waals surface area contributed by atoms with Crippen molar-refractivity contribution in [1.82, 2.24) is 0 Å². The molecular formula is C38H82HgSi2. The third-order valence-electron chi connectivity index (χ3n) is 10.1. The minimum Gasteiger partial charge on any atom is -0.0654 e. The minimum atomic E-state index is -0.858. The predicted octanol–water partition coefficient (Wildman–Crippen LogP) is 15.4. The van der Waals surface area contributed by atoms with Gasteiger partial charge in [0.2, 0.25) is 0 Å². The predicted molar refractivity (Wildman–Crippen MR) is 195 cm³/mol. The smallest absolute Gasteiger partial charge is 0.0654 e. The molecule has 0 amide bonds. The van der Waals surface area contributed by atoms with Gasteiger partial charge in [-0.05, 0) is 0 Å². The van der Waals surface area contributed by atoms with Crippen molar-refractivity contribution in [2.24, 2.45) is 0 Å². The van der Waals surface area contributed by atoms with Gasteiger partial charge in [0.1, 0.15) is 0 Å². The van der Waals surface area contributed by atoms with Crippen LogP contribution in [-0.2, 0) is 24.6 Å². The molecule has 0 bridgehead atoms. The minimum absolute atomic E-state index is 0.615. The van der Waals surface area contributed by atoms with Crippen molar-refractivity contribution in [2.45, 2.75) is 239 Å². The number of unbranched alkanes of at least 4 members (excludes halogenated alkanes) is 26. The third-order valence-corrected chi connectivity index (χ3v) is 56.8.